The minimum absolute atomic E-state index is 0.154. The van der Waals surface area contributed by atoms with Crippen molar-refractivity contribution in [3.63, 3.8) is 0 Å². The summed E-state index contributed by atoms with van der Waals surface area (Å²) in [5.41, 5.74) is 7.80. The summed E-state index contributed by atoms with van der Waals surface area (Å²) in [6.07, 6.45) is 1.76. The molecule has 4 N–H and O–H groups in total. The number of aryl methyl sites for hydroxylation is 1. The summed E-state index contributed by atoms with van der Waals surface area (Å²) < 4.78 is 7.03. The van der Waals surface area contributed by atoms with Gasteiger partial charge in [-0.3, -0.25) is 4.68 Å². The van der Waals surface area contributed by atoms with Gasteiger partial charge < -0.3 is 21.1 Å². The van der Waals surface area contributed by atoms with Crippen LogP contribution in [0.5, 0.6) is 0 Å². The lowest BCUT2D eigenvalue weighted by Crippen LogP contribution is -2.36. The summed E-state index contributed by atoms with van der Waals surface area (Å²) in [7, 11) is 3.54. The summed E-state index contributed by atoms with van der Waals surface area (Å²) in [6, 6.07) is 9.80. The molecule has 3 aromatic rings. The highest BCUT2D eigenvalue weighted by Gasteiger charge is 2.21. The van der Waals surface area contributed by atoms with Crippen LogP contribution in [0.2, 0.25) is 0 Å². The van der Waals surface area contributed by atoms with Gasteiger partial charge >= 0.3 is 0 Å². The number of benzene rings is 1. The monoisotopic (exact) mass is 369 g/mol. The van der Waals surface area contributed by atoms with Crippen molar-refractivity contribution in [3.05, 3.63) is 42.1 Å². The highest BCUT2D eigenvalue weighted by Crippen LogP contribution is 2.24. The smallest absolute Gasteiger partial charge is 0.226 e. The lowest BCUT2D eigenvalue weighted by molar-refractivity contribution is 0.158. The zero-order chi connectivity index (χ0) is 19.4. The van der Waals surface area contributed by atoms with Gasteiger partial charge in [-0.15, -0.1) is 0 Å². The van der Waals surface area contributed by atoms with Crippen molar-refractivity contribution in [1.82, 2.24) is 19.7 Å². The summed E-state index contributed by atoms with van der Waals surface area (Å²) in [4.78, 5) is 9.24. The fourth-order valence-corrected chi connectivity index (χ4v) is 2.93. The van der Waals surface area contributed by atoms with E-state index in [9.17, 15) is 0 Å². The van der Waals surface area contributed by atoms with Crippen molar-refractivity contribution in [3.8, 4) is 0 Å². The van der Waals surface area contributed by atoms with Crippen molar-refractivity contribution >= 4 is 22.8 Å². The molecule has 0 bridgehead atoms. The molecule has 0 amide bonds. The van der Waals surface area contributed by atoms with E-state index in [0.717, 1.165) is 16.6 Å². The molecular formula is C19H27N7O. The molecule has 3 rings (SSSR count). The van der Waals surface area contributed by atoms with Gasteiger partial charge in [0.1, 0.15) is 5.82 Å². The van der Waals surface area contributed by atoms with E-state index in [1.807, 2.05) is 37.4 Å². The third-order valence-electron chi connectivity index (χ3n) is 4.26. The van der Waals surface area contributed by atoms with Gasteiger partial charge in [0, 0.05) is 26.7 Å². The highest BCUT2D eigenvalue weighted by molar-refractivity contribution is 5.87. The first kappa shape index (κ1) is 19.1. The van der Waals surface area contributed by atoms with Gasteiger partial charge in [-0.05, 0) is 19.4 Å². The molecule has 0 aliphatic carbocycles. The van der Waals surface area contributed by atoms with Crippen LogP contribution in [-0.4, -0.2) is 45.5 Å². The van der Waals surface area contributed by atoms with Gasteiger partial charge in [-0.1, -0.05) is 30.3 Å². The van der Waals surface area contributed by atoms with Crippen molar-refractivity contribution in [2.24, 2.45) is 12.8 Å². The van der Waals surface area contributed by atoms with Gasteiger partial charge in [0.2, 0.25) is 5.95 Å². The van der Waals surface area contributed by atoms with Crippen LogP contribution < -0.4 is 16.4 Å². The molecule has 0 saturated carbocycles. The number of methoxy groups -OCH3 is 1. The van der Waals surface area contributed by atoms with E-state index < -0.39 is 0 Å². The topological polar surface area (TPSA) is 103 Å². The van der Waals surface area contributed by atoms with Crippen LogP contribution in [-0.2, 0) is 11.8 Å². The molecule has 0 fully saturated rings. The second-order valence-corrected chi connectivity index (χ2v) is 7.24. The molecule has 8 heteroatoms. The van der Waals surface area contributed by atoms with Crippen LogP contribution in [0.15, 0.2) is 36.5 Å². The molecule has 0 aliphatic rings. The Labute approximate surface area is 159 Å². The molecule has 0 spiro atoms. The van der Waals surface area contributed by atoms with Gasteiger partial charge in [0.25, 0.3) is 0 Å². The molecule has 0 saturated heterocycles. The van der Waals surface area contributed by atoms with Crippen LogP contribution in [0.4, 0.5) is 11.8 Å². The second kappa shape index (κ2) is 7.89. The maximum absolute atomic E-state index is 6.28. The number of fused-ring (bicyclic) bond motifs is 1. The number of nitrogens with zero attached hydrogens (tertiary/aromatic N) is 4. The van der Waals surface area contributed by atoms with E-state index in [2.05, 4.69) is 39.5 Å². The molecule has 2 heterocycles. The predicted molar refractivity (Wildman–Crippen MR) is 108 cm³/mol. The minimum Gasteiger partial charge on any atom is -0.382 e. The Balaban J connectivity index is 1.84. The Hall–Kier alpha value is -2.71. The van der Waals surface area contributed by atoms with E-state index in [1.54, 1.807) is 18.0 Å². The average Bonchev–Trinajstić information content (AvgIpc) is 3.01. The van der Waals surface area contributed by atoms with Gasteiger partial charge in [-0.2, -0.15) is 15.1 Å². The first-order chi connectivity index (χ1) is 12.9. The normalized spacial score (nSPS) is 12.9. The van der Waals surface area contributed by atoms with Gasteiger partial charge in [0.15, 0.2) is 5.65 Å². The molecule has 0 unspecified atom stereocenters. The lowest BCUT2D eigenvalue weighted by Gasteiger charge is -2.26. The van der Waals surface area contributed by atoms with Crippen molar-refractivity contribution < 1.29 is 4.74 Å². The SMILES string of the molecule is COCC(C)(C)Nc1nc(NC[C@H](N)c2ccccc2)nc2c1cnn2C. The summed E-state index contributed by atoms with van der Waals surface area (Å²) >= 11 is 0. The van der Waals surface area contributed by atoms with Crippen molar-refractivity contribution in [1.29, 1.82) is 0 Å². The third-order valence-corrected chi connectivity index (χ3v) is 4.26. The second-order valence-electron chi connectivity index (χ2n) is 7.24. The van der Waals surface area contributed by atoms with E-state index >= 15 is 0 Å². The molecule has 1 atom stereocenters. The van der Waals surface area contributed by atoms with E-state index in [4.69, 9.17) is 10.5 Å². The number of hydrogen-bond acceptors (Lipinski definition) is 7. The van der Waals surface area contributed by atoms with Crippen LogP contribution in [0.3, 0.4) is 0 Å². The fraction of sp³-hybridized carbons (Fsp3) is 0.421. The minimum atomic E-state index is -0.288. The number of hydrogen-bond donors (Lipinski definition) is 3. The predicted octanol–water partition coefficient (Wildman–Crippen LogP) is 2.31. The number of anilines is 2. The summed E-state index contributed by atoms with van der Waals surface area (Å²) in [6.45, 7) is 5.17. The summed E-state index contributed by atoms with van der Waals surface area (Å²) in [5, 5.41) is 11.9. The molecule has 0 radical (unpaired) electrons. The molecular weight excluding hydrogens is 342 g/mol. The Kier molecular flexibility index (Phi) is 5.57. The van der Waals surface area contributed by atoms with Crippen molar-refractivity contribution in [2.45, 2.75) is 25.4 Å². The molecule has 27 heavy (non-hydrogen) atoms. The van der Waals surface area contributed by atoms with Crippen LogP contribution in [0.1, 0.15) is 25.5 Å². The lowest BCUT2D eigenvalue weighted by atomic mass is 10.1. The highest BCUT2D eigenvalue weighted by atomic mass is 16.5. The number of nitrogens with one attached hydrogen (secondary N) is 2. The number of rotatable bonds is 8. The number of nitrogens with two attached hydrogens (primary N) is 1. The Bertz CT molecular complexity index is 892. The van der Waals surface area contributed by atoms with Crippen molar-refractivity contribution in [2.75, 3.05) is 30.9 Å². The molecule has 2 aromatic heterocycles. The van der Waals surface area contributed by atoms with Crippen LogP contribution in [0, 0.1) is 0 Å². The van der Waals surface area contributed by atoms with Gasteiger partial charge in [-0.25, -0.2) is 0 Å². The average molecular weight is 369 g/mol. The zero-order valence-electron chi connectivity index (χ0n) is 16.2. The largest absolute Gasteiger partial charge is 0.382 e. The maximum Gasteiger partial charge on any atom is 0.226 e. The molecule has 1 aromatic carbocycles. The Morgan fingerprint density at radius 3 is 2.67 bits per heavy atom. The summed E-state index contributed by atoms with van der Waals surface area (Å²) in [5.74, 6) is 1.22. The standard InChI is InChI=1S/C19H27N7O/c1-19(2,12-27-4)25-16-14-10-22-26(3)17(14)24-18(23-16)21-11-15(20)13-8-6-5-7-9-13/h5-10,15H,11-12,20H2,1-4H3,(H2,21,23,24,25)/t15-/m0/s1. The third kappa shape index (κ3) is 4.53. The quantitative estimate of drug-likeness (QED) is 0.560. The maximum atomic E-state index is 6.28. The molecule has 0 aliphatic heterocycles. The van der Waals surface area contributed by atoms with E-state index in [0.29, 0.717) is 24.9 Å². The van der Waals surface area contributed by atoms with Gasteiger partial charge in [0.05, 0.1) is 23.7 Å². The number of aromatic nitrogens is 4. The first-order valence-corrected chi connectivity index (χ1v) is 8.91. The first-order valence-electron chi connectivity index (χ1n) is 8.91. The Morgan fingerprint density at radius 1 is 1.22 bits per heavy atom. The number of ether oxygens (including phenoxy) is 1. The van der Waals surface area contributed by atoms with E-state index in [-0.39, 0.29) is 11.6 Å². The van der Waals surface area contributed by atoms with Crippen LogP contribution >= 0.6 is 0 Å². The Morgan fingerprint density at radius 2 is 1.96 bits per heavy atom. The van der Waals surface area contributed by atoms with Crippen LogP contribution in [0.25, 0.3) is 11.0 Å². The fourth-order valence-electron chi connectivity index (χ4n) is 2.93. The zero-order valence-corrected chi connectivity index (χ0v) is 16.2. The van der Waals surface area contributed by atoms with E-state index in [1.165, 1.54) is 0 Å². The molecule has 8 nitrogen and oxygen atoms in total. The molecule has 144 valence electrons.